The number of fused-ring (bicyclic) bond motifs is 2. The van der Waals surface area contributed by atoms with Crippen LogP contribution in [0.3, 0.4) is 0 Å². The quantitative estimate of drug-likeness (QED) is 0.664. The maximum atomic E-state index is 13.1. The number of benzene rings is 1. The average Bonchev–Trinajstić information content (AvgIpc) is 3.39. The van der Waals surface area contributed by atoms with Gasteiger partial charge < -0.3 is 14.5 Å². The van der Waals surface area contributed by atoms with E-state index in [0.29, 0.717) is 12.5 Å². The van der Waals surface area contributed by atoms with Crippen molar-refractivity contribution in [1.82, 2.24) is 9.80 Å². The van der Waals surface area contributed by atoms with Crippen LogP contribution in [-0.2, 0) is 10.2 Å². The molecule has 0 bridgehead atoms. The highest BCUT2D eigenvalue weighted by molar-refractivity contribution is 9.10. The lowest BCUT2D eigenvalue weighted by Crippen LogP contribution is -2.49. The summed E-state index contributed by atoms with van der Waals surface area (Å²) >= 11 is 3.55. The highest BCUT2D eigenvalue weighted by atomic mass is 79.9. The van der Waals surface area contributed by atoms with E-state index < -0.39 is 5.60 Å². The van der Waals surface area contributed by atoms with Gasteiger partial charge in [0.15, 0.2) is 0 Å². The molecule has 28 heavy (non-hydrogen) atoms. The van der Waals surface area contributed by atoms with Gasteiger partial charge in [0.25, 0.3) is 5.91 Å². The molecule has 3 aliphatic rings. The van der Waals surface area contributed by atoms with E-state index in [9.17, 15) is 9.59 Å². The summed E-state index contributed by atoms with van der Waals surface area (Å²) in [4.78, 5) is 29.4. The standard InChI is InChI=1S/C22H29BrN2O3/c1-21(2,3)28-20(27)24-10-4-5-15(12-24)13-25-14-22(8-9-22)18-11-16(23)6-7-17(18)19(25)26/h6-7,11,15H,4-5,8-10,12-14H2,1-3H3. The van der Waals surface area contributed by atoms with Gasteiger partial charge in [0.1, 0.15) is 5.60 Å². The van der Waals surface area contributed by atoms with Crippen LogP contribution in [-0.4, -0.2) is 53.6 Å². The van der Waals surface area contributed by atoms with Crippen LogP contribution < -0.4 is 0 Å². The van der Waals surface area contributed by atoms with E-state index in [0.717, 1.165) is 55.4 Å². The summed E-state index contributed by atoms with van der Waals surface area (Å²) in [5, 5.41) is 0. The molecule has 1 saturated heterocycles. The molecule has 1 spiro atoms. The zero-order valence-electron chi connectivity index (χ0n) is 17.0. The molecule has 4 rings (SSSR count). The van der Waals surface area contributed by atoms with Crippen LogP contribution in [0.25, 0.3) is 0 Å². The molecule has 1 unspecified atom stereocenters. The van der Waals surface area contributed by atoms with Gasteiger partial charge in [-0.05, 0) is 76.1 Å². The first kappa shape index (κ1) is 19.7. The lowest BCUT2D eigenvalue weighted by atomic mass is 9.85. The maximum absolute atomic E-state index is 13.1. The molecule has 2 amide bonds. The molecule has 1 aromatic rings. The number of hydrogen-bond donors (Lipinski definition) is 0. The number of piperidine rings is 1. The van der Waals surface area contributed by atoms with E-state index in [4.69, 9.17) is 4.74 Å². The lowest BCUT2D eigenvalue weighted by Gasteiger charge is -2.40. The Kier molecular flexibility index (Phi) is 4.97. The van der Waals surface area contributed by atoms with Crippen molar-refractivity contribution in [2.24, 2.45) is 5.92 Å². The summed E-state index contributed by atoms with van der Waals surface area (Å²) in [6, 6.07) is 6.05. The summed E-state index contributed by atoms with van der Waals surface area (Å²) in [6.07, 6.45) is 4.06. The van der Waals surface area contributed by atoms with Crippen molar-refractivity contribution in [2.75, 3.05) is 26.2 Å². The van der Waals surface area contributed by atoms with Crippen molar-refractivity contribution in [3.63, 3.8) is 0 Å². The van der Waals surface area contributed by atoms with Crippen LogP contribution in [0.4, 0.5) is 4.79 Å². The molecule has 1 aliphatic carbocycles. The monoisotopic (exact) mass is 448 g/mol. The third-order valence-electron chi connectivity index (χ3n) is 6.07. The fourth-order valence-corrected chi connectivity index (χ4v) is 4.94. The van der Waals surface area contributed by atoms with Gasteiger partial charge in [0.05, 0.1) is 0 Å². The van der Waals surface area contributed by atoms with Gasteiger partial charge in [-0.15, -0.1) is 0 Å². The number of nitrogens with zero attached hydrogens (tertiary/aromatic N) is 2. The summed E-state index contributed by atoms with van der Waals surface area (Å²) in [6.45, 7) is 8.60. The number of carbonyl (C=O) groups is 2. The van der Waals surface area contributed by atoms with Crippen LogP contribution >= 0.6 is 15.9 Å². The first-order valence-electron chi connectivity index (χ1n) is 10.2. The van der Waals surface area contributed by atoms with Gasteiger partial charge in [0, 0.05) is 41.6 Å². The minimum absolute atomic E-state index is 0.134. The van der Waals surface area contributed by atoms with Crippen molar-refractivity contribution < 1.29 is 14.3 Å². The molecule has 5 nitrogen and oxygen atoms in total. The number of amides is 2. The number of rotatable bonds is 2. The highest BCUT2D eigenvalue weighted by Gasteiger charge is 2.51. The zero-order valence-corrected chi connectivity index (χ0v) is 18.5. The van der Waals surface area contributed by atoms with Gasteiger partial charge in [-0.25, -0.2) is 4.79 Å². The molecule has 1 saturated carbocycles. The summed E-state index contributed by atoms with van der Waals surface area (Å²) < 4.78 is 6.58. The molecule has 0 radical (unpaired) electrons. The number of hydrogen-bond acceptors (Lipinski definition) is 3. The van der Waals surface area contributed by atoms with Crippen molar-refractivity contribution in [1.29, 1.82) is 0 Å². The SMILES string of the molecule is CC(C)(C)OC(=O)N1CCCC(CN2CC3(CC3)c3cc(Br)ccc3C2=O)C1. The van der Waals surface area contributed by atoms with Gasteiger partial charge in [-0.1, -0.05) is 15.9 Å². The largest absolute Gasteiger partial charge is 0.444 e. The van der Waals surface area contributed by atoms with Gasteiger partial charge in [-0.2, -0.15) is 0 Å². The molecular weight excluding hydrogens is 420 g/mol. The minimum Gasteiger partial charge on any atom is -0.444 e. The van der Waals surface area contributed by atoms with Gasteiger partial charge >= 0.3 is 6.09 Å². The molecule has 0 aromatic heterocycles. The Morgan fingerprint density at radius 2 is 2.07 bits per heavy atom. The minimum atomic E-state index is -0.483. The van der Waals surface area contributed by atoms with Gasteiger partial charge in [0.2, 0.25) is 0 Å². The Balaban J connectivity index is 1.45. The lowest BCUT2D eigenvalue weighted by molar-refractivity contribution is 0.0143. The van der Waals surface area contributed by atoms with E-state index in [-0.39, 0.29) is 17.4 Å². The van der Waals surface area contributed by atoms with Crippen LogP contribution in [0, 0.1) is 5.92 Å². The predicted molar refractivity (Wildman–Crippen MR) is 111 cm³/mol. The molecule has 1 atom stereocenters. The Labute approximate surface area is 175 Å². The van der Waals surface area contributed by atoms with E-state index in [1.807, 2.05) is 42.7 Å². The third-order valence-corrected chi connectivity index (χ3v) is 6.56. The smallest absolute Gasteiger partial charge is 0.410 e. The second kappa shape index (κ2) is 7.05. The molecule has 1 aromatic carbocycles. The van der Waals surface area contributed by atoms with E-state index in [1.54, 1.807) is 0 Å². The molecule has 6 heteroatoms. The summed E-state index contributed by atoms with van der Waals surface area (Å²) in [7, 11) is 0. The number of carbonyl (C=O) groups excluding carboxylic acids is 2. The second-order valence-corrected chi connectivity index (χ2v) is 10.5. The first-order valence-corrected chi connectivity index (χ1v) is 11.0. The van der Waals surface area contributed by atoms with Gasteiger partial charge in [-0.3, -0.25) is 4.79 Å². The topological polar surface area (TPSA) is 49.9 Å². The van der Waals surface area contributed by atoms with Crippen LogP contribution in [0.1, 0.15) is 62.4 Å². The molecule has 2 fully saturated rings. The number of likely N-dealkylation sites (tertiary alicyclic amines) is 1. The Morgan fingerprint density at radius 1 is 1.32 bits per heavy atom. The fourth-order valence-electron chi connectivity index (χ4n) is 4.58. The van der Waals surface area contributed by atoms with Crippen molar-refractivity contribution >= 4 is 27.9 Å². The Hall–Kier alpha value is -1.56. The van der Waals surface area contributed by atoms with Crippen molar-refractivity contribution in [3.05, 3.63) is 33.8 Å². The van der Waals surface area contributed by atoms with Crippen molar-refractivity contribution in [2.45, 2.75) is 57.5 Å². The summed E-state index contributed by atoms with van der Waals surface area (Å²) in [5.74, 6) is 0.437. The highest BCUT2D eigenvalue weighted by Crippen LogP contribution is 2.53. The Morgan fingerprint density at radius 3 is 2.75 bits per heavy atom. The van der Waals surface area contributed by atoms with Crippen LogP contribution in [0.15, 0.2) is 22.7 Å². The van der Waals surface area contributed by atoms with E-state index >= 15 is 0 Å². The van der Waals surface area contributed by atoms with E-state index in [1.165, 1.54) is 5.56 Å². The molecule has 152 valence electrons. The van der Waals surface area contributed by atoms with Crippen molar-refractivity contribution in [3.8, 4) is 0 Å². The third kappa shape index (κ3) is 3.93. The fraction of sp³-hybridized carbons (Fsp3) is 0.636. The summed E-state index contributed by atoms with van der Waals surface area (Å²) in [5.41, 5.74) is 1.73. The molecular formula is C22H29BrN2O3. The zero-order chi connectivity index (χ0) is 20.1. The van der Waals surface area contributed by atoms with Crippen LogP contribution in [0.5, 0.6) is 0 Å². The normalized spacial score (nSPS) is 23.6. The predicted octanol–water partition coefficient (Wildman–Crippen LogP) is 4.58. The molecule has 2 aliphatic heterocycles. The van der Waals surface area contributed by atoms with E-state index in [2.05, 4.69) is 22.0 Å². The molecule has 0 N–H and O–H groups in total. The molecule has 2 heterocycles. The second-order valence-electron chi connectivity index (χ2n) is 9.59. The van der Waals surface area contributed by atoms with Crippen LogP contribution in [0.2, 0.25) is 0 Å². The Bertz CT molecular complexity index is 797. The average molecular weight is 449 g/mol. The maximum Gasteiger partial charge on any atom is 0.410 e. The first-order chi connectivity index (χ1) is 13.2. The number of ether oxygens (including phenoxy) is 1. The number of halogens is 1.